The highest BCUT2D eigenvalue weighted by Gasteiger charge is 2.42. The van der Waals surface area contributed by atoms with E-state index in [4.69, 9.17) is 11.6 Å². The van der Waals surface area contributed by atoms with E-state index in [1.807, 2.05) is 0 Å². The zero-order valence-electron chi connectivity index (χ0n) is 9.02. The molecule has 1 aromatic heterocycles. The van der Waals surface area contributed by atoms with Crippen molar-refractivity contribution in [3.63, 3.8) is 0 Å². The molecule has 0 saturated heterocycles. The van der Waals surface area contributed by atoms with Crippen molar-refractivity contribution in [3.8, 4) is 0 Å². The first-order valence-corrected chi connectivity index (χ1v) is 5.82. The van der Waals surface area contributed by atoms with Crippen molar-refractivity contribution in [1.29, 1.82) is 0 Å². The molecule has 1 aromatic rings. The molecule has 0 aliphatic heterocycles. The Morgan fingerprint density at radius 1 is 1.41 bits per heavy atom. The van der Waals surface area contributed by atoms with Crippen LogP contribution < -0.4 is 5.32 Å². The van der Waals surface area contributed by atoms with Crippen LogP contribution in [0.25, 0.3) is 0 Å². The summed E-state index contributed by atoms with van der Waals surface area (Å²) in [7, 11) is 0. The molecule has 0 radical (unpaired) electrons. The summed E-state index contributed by atoms with van der Waals surface area (Å²) in [5, 5.41) is 2.76. The largest absolute Gasteiger partial charge is 0.419 e. The van der Waals surface area contributed by atoms with Crippen LogP contribution in [0.15, 0.2) is 18.3 Å². The first-order valence-electron chi connectivity index (χ1n) is 5.29. The molecule has 0 atom stereocenters. The van der Waals surface area contributed by atoms with Crippen molar-refractivity contribution >= 4 is 17.4 Å². The summed E-state index contributed by atoms with van der Waals surface area (Å²) >= 11 is 5.77. The number of pyridine rings is 1. The van der Waals surface area contributed by atoms with Gasteiger partial charge < -0.3 is 5.32 Å². The van der Waals surface area contributed by atoms with E-state index in [0.717, 1.165) is 18.9 Å². The van der Waals surface area contributed by atoms with Crippen LogP contribution in [0.3, 0.4) is 0 Å². The van der Waals surface area contributed by atoms with Crippen molar-refractivity contribution < 1.29 is 13.2 Å². The van der Waals surface area contributed by atoms with Crippen LogP contribution in [0.2, 0.25) is 0 Å². The lowest BCUT2D eigenvalue weighted by atomic mass is 10.1. The molecule has 1 heterocycles. The van der Waals surface area contributed by atoms with Crippen molar-refractivity contribution in [2.24, 2.45) is 5.41 Å². The number of hydrogen-bond donors (Lipinski definition) is 1. The number of nitrogens with zero attached hydrogens (tertiary/aromatic N) is 1. The summed E-state index contributed by atoms with van der Waals surface area (Å²) in [5.74, 6) is 0.352. The van der Waals surface area contributed by atoms with E-state index < -0.39 is 11.7 Å². The SMILES string of the molecule is FC(F)(F)c1cccnc1NCC1(CCl)CC1. The Morgan fingerprint density at radius 2 is 2.12 bits per heavy atom. The molecule has 2 rings (SSSR count). The van der Waals surface area contributed by atoms with Gasteiger partial charge >= 0.3 is 6.18 Å². The number of nitrogens with one attached hydrogen (secondary N) is 1. The number of anilines is 1. The van der Waals surface area contributed by atoms with E-state index in [1.165, 1.54) is 12.3 Å². The first-order chi connectivity index (χ1) is 7.97. The minimum absolute atomic E-state index is 0.0397. The normalized spacial score (nSPS) is 17.9. The molecule has 1 fully saturated rings. The topological polar surface area (TPSA) is 24.9 Å². The highest BCUT2D eigenvalue weighted by molar-refractivity contribution is 6.18. The fraction of sp³-hybridized carbons (Fsp3) is 0.545. The minimum Gasteiger partial charge on any atom is -0.369 e. The predicted molar refractivity (Wildman–Crippen MR) is 60.1 cm³/mol. The van der Waals surface area contributed by atoms with Gasteiger partial charge in [0.25, 0.3) is 0 Å². The van der Waals surface area contributed by atoms with Crippen molar-refractivity contribution in [2.45, 2.75) is 19.0 Å². The molecule has 0 unspecified atom stereocenters. The summed E-state index contributed by atoms with van der Waals surface area (Å²) in [6, 6.07) is 2.30. The number of hydrogen-bond acceptors (Lipinski definition) is 2. The van der Waals surface area contributed by atoms with Gasteiger partial charge in [-0.25, -0.2) is 4.98 Å². The van der Waals surface area contributed by atoms with E-state index in [0.29, 0.717) is 12.4 Å². The molecule has 94 valence electrons. The maximum absolute atomic E-state index is 12.7. The predicted octanol–water partition coefficient (Wildman–Crippen LogP) is 3.53. The van der Waals surface area contributed by atoms with Crippen LogP contribution in [-0.4, -0.2) is 17.4 Å². The van der Waals surface area contributed by atoms with Crippen LogP contribution in [0, 0.1) is 5.41 Å². The molecule has 0 bridgehead atoms. The Morgan fingerprint density at radius 3 is 2.65 bits per heavy atom. The summed E-state index contributed by atoms with van der Waals surface area (Å²) in [6.45, 7) is 0.441. The van der Waals surface area contributed by atoms with Crippen molar-refractivity contribution in [1.82, 2.24) is 4.98 Å². The second kappa shape index (κ2) is 4.37. The van der Waals surface area contributed by atoms with Gasteiger partial charge in [0.15, 0.2) is 0 Å². The summed E-state index contributed by atoms with van der Waals surface area (Å²) in [5.41, 5.74) is -0.771. The van der Waals surface area contributed by atoms with Gasteiger partial charge in [-0.3, -0.25) is 0 Å². The Labute approximate surface area is 102 Å². The third kappa shape index (κ3) is 2.83. The lowest BCUT2D eigenvalue weighted by Gasteiger charge is -2.16. The first kappa shape index (κ1) is 12.5. The third-order valence-corrected chi connectivity index (χ3v) is 3.55. The van der Waals surface area contributed by atoms with Gasteiger partial charge in [0, 0.05) is 24.0 Å². The van der Waals surface area contributed by atoms with Crippen LogP contribution in [-0.2, 0) is 6.18 Å². The maximum atomic E-state index is 12.7. The monoisotopic (exact) mass is 264 g/mol. The van der Waals surface area contributed by atoms with Crippen LogP contribution in [0.4, 0.5) is 19.0 Å². The fourth-order valence-electron chi connectivity index (χ4n) is 1.58. The maximum Gasteiger partial charge on any atom is 0.419 e. The van der Waals surface area contributed by atoms with Gasteiger partial charge in [0.05, 0.1) is 5.56 Å². The lowest BCUT2D eigenvalue weighted by molar-refractivity contribution is -0.137. The molecule has 1 saturated carbocycles. The smallest absolute Gasteiger partial charge is 0.369 e. The fourth-order valence-corrected chi connectivity index (χ4v) is 1.94. The van der Waals surface area contributed by atoms with E-state index in [1.54, 1.807) is 0 Å². The molecule has 6 heteroatoms. The van der Waals surface area contributed by atoms with Gasteiger partial charge in [-0.1, -0.05) is 0 Å². The van der Waals surface area contributed by atoms with E-state index in [2.05, 4.69) is 10.3 Å². The third-order valence-electron chi connectivity index (χ3n) is 2.98. The van der Waals surface area contributed by atoms with Gasteiger partial charge in [0.2, 0.25) is 0 Å². The molecular formula is C11H12ClF3N2. The summed E-state index contributed by atoms with van der Waals surface area (Å²) < 4.78 is 38.0. The molecule has 1 aliphatic carbocycles. The van der Waals surface area contributed by atoms with Crippen LogP contribution in [0.1, 0.15) is 18.4 Å². The number of aromatic nitrogens is 1. The van der Waals surface area contributed by atoms with Gasteiger partial charge in [0.1, 0.15) is 5.82 Å². The average molecular weight is 265 g/mol. The molecular weight excluding hydrogens is 253 g/mol. The molecule has 17 heavy (non-hydrogen) atoms. The molecule has 2 nitrogen and oxygen atoms in total. The highest BCUT2D eigenvalue weighted by atomic mass is 35.5. The van der Waals surface area contributed by atoms with Crippen molar-refractivity contribution in [2.75, 3.05) is 17.7 Å². The summed E-state index contributed by atoms with van der Waals surface area (Å²) in [6.07, 6.45) is -1.12. The molecule has 0 aromatic carbocycles. The van der Waals surface area contributed by atoms with E-state index in [-0.39, 0.29) is 11.2 Å². The van der Waals surface area contributed by atoms with Gasteiger partial charge in [-0.2, -0.15) is 13.2 Å². The van der Waals surface area contributed by atoms with E-state index in [9.17, 15) is 13.2 Å². The lowest BCUT2D eigenvalue weighted by Crippen LogP contribution is -2.20. The molecule has 1 aliphatic rings. The quantitative estimate of drug-likeness (QED) is 0.842. The molecule has 0 spiro atoms. The Balaban J connectivity index is 2.10. The number of halogens is 4. The number of rotatable bonds is 4. The molecule has 1 N–H and O–H groups in total. The molecule has 0 amide bonds. The second-order valence-electron chi connectivity index (χ2n) is 4.38. The zero-order chi connectivity index (χ0) is 12.5. The van der Waals surface area contributed by atoms with Gasteiger partial charge in [-0.15, -0.1) is 11.6 Å². The Hall–Kier alpha value is -0.970. The number of alkyl halides is 4. The Bertz CT molecular complexity index is 402. The second-order valence-corrected chi connectivity index (χ2v) is 4.65. The Kier molecular flexibility index (Phi) is 3.21. The van der Waals surface area contributed by atoms with Crippen molar-refractivity contribution in [3.05, 3.63) is 23.9 Å². The average Bonchev–Trinajstić information content (AvgIpc) is 3.06. The van der Waals surface area contributed by atoms with Gasteiger partial charge in [-0.05, 0) is 25.0 Å². The standard InChI is InChI=1S/C11H12ClF3N2/c12-6-10(3-4-10)7-17-9-8(11(13,14)15)2-1-5-16-9/h1-2,5H,3-4,6-7H2,(H,16,17). The summed E-state index contributed by atoms with van der Waals surface area (Å²) in [4.78, 5) is 3.74. The van der Waals surface area contributed by atoms with Crippen LogP contribution in [0.5, 0.6) is 0 Å². The van der Waals surface area contributed by atoms with Crippen LogP contribution >= 0.6 is 11.6 Å². The zero-order valence-corrected chi connectivity index (χ0v) is 9.78. The van der Waals surface area contributed by atoms with E-state index >= 15 is 0 Å². The highest BCUT2D eigenvalue weighted by Crippen LogP contribution is 2.46. The minimum atomic E-state index is -4.38.